The largest absolute Gasteiger partial charge is 0.456 e. The van der Waals surface area contributed by atoms with Crippen molar-refractivity contribution in [1.29, 1.82) is 0 Å². The molecule has 0 fully saturated rings. The lowest BCUT2D eigenvalue weighted by atomic mass is 10.1. The number of nitro groups is 1. The molecule has 1 heterocycles. The maximum atomic E-state index is 11.9. The number of nitrogens with zero attached hydrogens (tertiary/aromatic N) is 1. The molecule has 0 amide bonds. The Labute approximate surface area is 126 Å². The van der Waals surface area contributed by atoms with Crippen molar-refractivity contribution in [2.75, 3.05) is 11.9 Å². The van der Waals surface area contributed by atoms with Crippen molar-refractivity contribution >= 4 is 22.9 Å². The molecule has 0 aromatic heterocycles. The molecule has 0 saturated carbocycles. The monoisotopic (exact) mass is 296 g/mol. The zero-order chi connectivity index (χ0) is 15.5. The van der Waals surface area contributed by atoms with Crippen molar-refractivity contribution < 1.29 is 14.5 Å². The molecule has 0 atom stereocenters. The number of hydrogen-bond donors (Lipinski definition) is 1. The van der Waals surface area contributed by atoms with Gasteiger partial charge in [-0.3, -0.25) is 10.1 Å². The number of nitro benzene ring substituents is 1. The summed E-state index contributed by atoms with van der Waals surface area (Å²) in [4.78, 5) is 22.5. The van der Waals surface area contributed by atoms with Crippen molar-refractivity contribution in [3.63, 3.8) is 0 Å². The number of rotatable bonds is 4. The third-order valence-electron chi connectivity index (χ3n) is 3.30. The first kappa shape index (κ1) is 13.8. The van der Waals surface area contributed by atoms with Crippen LogP contribution in [0.4, 0.5) is 11.4 Å². The number of carbonyl (C=O) groups is 1. The fourth-order valence-electron chi connectivity index (χ4n) is 2.30. The van der Waals surface area contributed by atoms with E-state index in [2.05, 4.69) is 5.32 Å². The van der Waals surface area contributed by atoms with Gasteiger partial charge in [-0.2, -0.15) is 0 Å². The van der Waals surface area contributed by atoms with E-state index in [0.717, 1.165) is 0 Å². The van der Waals surface area contributed by atoms with E-state index in [1.54, 1.807) is 30.3 Å². The van der Waals surface area contributed by atoms with E-state index in [9.17, 15) is 14.9 Å². The Morgan fingerprint density at radius 2 is 1.73 bits per heavy atom. The van der Waals surface area contributed by atoms with E-state index in [4.69, 9.17) is 4.74 Å². The Morgan fingerprint density at radius 1 is 1.05 bits per heavy atom. The molecule has 6 heteroatoms. The lowest BCUT2D eigenvalue weighted by molar-refractivity contribution is -0.383. The number of nitrogens with one attached hydrogen (secondary N) is 1. The quantitative estimate of drug-likeness (QED) is 0.533. The molecule has 22 heavy (non-hydrogen) atoms. The third-order valence-corrected chi connectivity index (χ3v) is 3.30. The van der Waals surface area contributed by atoms with Crippen LogP contribution in [0.15, 0.2) is 60.3 Å². The molecule has 0 unspecified atom stereocenters. The van der Waals surface area contributed by atoms with Gasteiger partial charge in [-0.05, 0) is 11.6 Å². The van der Waals surface area contributed by atoms with Gasteiger partial charge in [0.15, 0.2) is 0 Å². The first-order valence-electron chi connectivity index (χ1n) is 6.63. The average Bonchev–Trinajstić information content (AvgIpc) is 2.89. The summed E-state index contributed by atoms with van der Waals surface area (Å²) < 4.78 is 5.06. The number of hydrogen-bond acceptors (Lipinski definition) is 5. The van der Waals surface area contributed by atoms with E-state index < -0.39 is 10.9 Å². The van der Waals surface area contributed by atoms with Gasteiger partial charge in [0.1, 0.15) is 12.3 Å². The number of ether oxygens (including phenoxy) is 1. The lowest BCUT2D eigenvalue weighted by Crippen LogP contribution is -2.05. The van der Waals surface area contributed by atoms with Crippen LogP contribution in [0.2, 0.25) is 0 Å². The van der Waals surface area contributed by atoms with Gasteiger partial charge in [0.25, 0.3) is 5.69 Å². The van der Waals surface area contributed by atoms with Crippen LogP contribution in [-0.4, -0.2) is 17.5 Å². The zero-order valence-corrected chi connectivity index (χ0v) is 11.5. The molecule has 6 nitrogen and oxygen atoms in total. The summed E-state index contributed by atoms with van der Waals surface area (Å²) in [6.45, 7) is 0.0646. The van der Waals surface area contributed by atoms with Gasteiger partial charge in [0.2, 0.25) is 0 Å². The van der Waals surface area contributed by atoms with Crippen molar-refractivity contribution in [3.05, 3.63) is 76.0 Å². The molecule has 0 aliphatic carbocycles. The van der Waals surface area contributed by atoms with Crippen molar-refractivity contribution in [2.45, 2.75) is 0 Å². The van der Waals surface area contributed by atoms with Gasteiger partial charge in [-0.15, -0.1) is 0 Å². The molecule has 3 rings (SSSR count). The summed E-state index contributed by atoms with van der Waals surface area (Å²) in [5.74, 6) is -0.438. The number of carbonyl (C=O) groups excluding carboxylic acids is 1. The molecule has 1 aliphatic rings. The fraction of sp³-hybridized carbons (Fsp3) is 0.0625. The Hall–Kier alpha value is -3.15. The second-order valence-corrected chi connectivity index (χ2v) is 4.69. The van der Waals surface area contributed by atoms with Crippen molar-refractivity contribution in [3.8, 4) is 0 Å². The van der Waals surface area contributed by atoms with Crippen LogP contribution in [0.3, 0.4) is 0 Å². The van der Waals surface area contributed by atoms with Crippen LogP contribution in [0.5, 0.6) is 0 Å². The Balaban J connectivity index is 2.02. The highest BCUT2D eigenvalue weighted by Gasteiger charge is 2.27. The van der Waals surface area contributed by atoms with Gasteiger partial charge in [0.05, 0.1) is 16.2 Å². The molecule has 110 valence electrons. The smallest absolute Gasteiger partial charge is 0.341 e. The highest BCUT2D eigenvalue weighted by Crippen LogP contribution is 2.30. The van der Waals surface area contributed by atoms with Gasteiger partial charge in [0, 0.05) is 6.07 Å². The van der Waals surface area contributed by atoms with Crippen LogP contribution < -0.4 is 5.32 Å². The van der Waals surface area contributed by atoms with Gasteiger partial charge < -0.3 is 10.1 Å². The maximum absolute atomic E-state index is 11.9. The molecule has 0 bridgehead atoms. The minimum absolute atomic E-state index is 0.0539. The SMILES string of the molecule is O=C1OCC(Nc2ccccc2[N+](=O)[O-])=C1c1ccccc1. The predicted octanol–water partition coefficient (Wildman–Crippen LogP) is 2.97. The highest BCUT2D eigenvalue weighted by atomic mass is 16.6. The summed E-state index contributed by atoms with van der Waals surface area (Å²) in [5, 5.41) is 14.0. The van der Waals surface area contributed by atoms with E-state index in [1.807, 2.05) is 18.2 Å². The number of benzene rings is 2. The van der Waals surface area contributed by atoms with E-state index in [1.165, 1.54) is 6.07 Å². The topological polar surface area (TPSA) is 81.5 Å². The molecule has 0 saturated heterocycles. The summed E-state index contributed by atoms with van der Waals surface area (Å²) >= 11 is 0. The Morgan fingerprint density at radius 3 is 2.45 bits per heavy atom. The standard InChI is InChI=1S/C16H12N2O4/c19-16-15(11-6-2-1-3-7-11)13(10-22-16)17-12-8-4-5-9-14(12)18(20)21/h1-9,17H,10H2. The molecule has 2 aromatic rings. The van der Waals surface area contributed by atoms with Gasteiger partial charge in [-0.25, -0.2) is 4.79 Å². The van der Waals surface area contributed by atoms with Crippen LogP contribution >= 0.6 is 0 Å². The predicted molar refractivity (Wildman–Crippen MR) is 81.0 cm³/mol. The summed E-state index contributed by atoms with van der Waals surface area (Å²) in [6.07, 6.45) is 0. The Bertz CT molecular complexity index is 769. The molecule has 1 N–H and O–H groups in total. The third kappa shape index (κ3) is 2.54. The minimum Gasteiger partial charge on any atom is -0.456 e. The lowest BCUT2D eigenvalue weighted by Gasteiger charge is -2.08. The van der Waals surface area contributed by atoms with Crippen molar-refractivity contribution in [1.82, 2.24) is 0 Å². The molecule has 2 aromatic carbocycles. The second kappa shape index (κ2) is 5.69. The summed E-state index contributed by atoms with van der Waals surface area (Å²) in [7, 11) is 0. The van der Waals surface area contributed by atoms with Crippen molar-refractivity contribution in [2.24, 2.45) is 0 Å². The Kier molecular flexibility index (Phi) is 3.57. The van der Waals surface area contributed by atoms with Crippen LogP contribution in [0, 0.1) is 10.1 Å². The molecular formula is C16H12N2O4. The van der Waals surface area contributed by atoms with Crippen LogP contribution in [-0.2, 0) is 9.53 Å². The fourth-order valence-corrected chi connectivity index (χ4v) is 2.30. The number of esters is 1. The maximum Gasteiger partial charge on any atom is 0.341 e. The molecule has 1 aliphatic heterocycles. The normalized spacial score (nSPS) is 13.9. The van der Waals surface area contributed by atoms with Gasteiger partial charge in [-0.1, -0.05) is 42.5 Å². The first-order chi connectivity index (χ1) is 10.7. The zero-order valence-electron chi connectivity index (χ0n) is 11.5. The second-order valence-electron chi connectivity index (χ2n) is 4.69. The molecule has 0 radical (unpaired) electrons. The average molecular weight is 296 g/mol. The summed E-state index contributed by atoms with van der Waals surface area (Å²) in [5.41, 5.74) is 1.91. The number of anilines is 1. The van der Waals surface area contributed by atoms with E-state index >= 15 is 0 Å². The van der Waals surface area contributed by atoms with Gasteiger partial charge >= 0.3 is 5.97 Å². The molecular weight excluding hydrogens is 284 g/mol. The highest BCUT2D eigenvalue weighted by molar-refractivity contribution is 6.19. The minimum atomic E-state index is -0.470. The number of cyclic esters (lactones) is 1. The molecule has 0 spiro atoms. The first-order valence-corrected chi connectivity index (χ1v) is 6.63. The number of para-hydroxylation sites is 2. The van der Waals surface area contributed by atoms with Crippen LogP contribution in [0.25, 0.3) is 5.57 Å². The van der Waals surface area contributed by atoms with E-state index in [0.29, 0.717) is 22.5 Å². The van der Waals surface area contributed by atoms with E-state index in [-0.39, 0.29) is 12.3 Å². The summed E-state index contributed by atoms with van der Waals surface area (Å²) in [6, 6.07) is 15.3. The van der Waals surface area contributed by atoms with Crippen LogP contribution in [0.1, 0.15) is 5.56 Å².